The fourth-order valence-corrected chi connectivity index (χ4v) is 4.13. The summed E-state index contributed by atoms with van der Waals surface area (Å²) in [6.45, 7) is 5.40. The number of hydrogen-bond acceptors (Lipinski definition) is 5. The van der Waals surface area contributed by atoms with E-state index in [1.807, 2.05) is 61.5 Å². The van der Waals surface area contributed by atoms with Gasteiger partial charge in [0, 0.05) is 18.5 Å². The number of unbranched alkanes of at least 4 members (excludes halogenated alkanes) is 1. The van der Waals surface area contributed by atoms with Gasteiger partial charge in [-0.05, 0) is 70.3 Å². The van der Waals surface area contributed by atoms with Crippen LogP contribution in [0.25, 0.3) is 33.3 Å². The number of rotatable bonds is 9. The Morgan fingerprint density at radius 1 is 1.00 bits per heavy atom. The summed E-state index contributed by atoms with van der Waals surface area (Å²) in [5, 5.41) is 26.1. The minimum absolute atomic E-state index is 0.145. The first-order valence-corrected chi connectivity index (χ1v) is 11.7. The van der Waals surface area contributed by atoms with E-state index in [-0.39, 0.29) is 12.5 Å². The number of nitrogens with zero attached hydrogens (tertiary/aromatic N) is 4. The number of benzene rings is 3. The number of hydrogen-bond donors (Lipinski definition) is 2. The highest BCUT2D eigenvalue weighted by Gasteiger charge is 2.37. The molecule has 0 aliphatic rings. The predicted octanol–water partition coefficient (Wildman–Crippen LogP) is 5.07. The Labute approximate surface area is 204 Å². The first kappa shape index (κ1) is 24.1. The molecule has 4 aromatic rings. The third-order valence-electron chi connectivity index (χ3n) is 6.33. The normalized spacial score (nSPS) is 11.5. The van der Waals surface area contributed by atoms with Gasteiger partial charge in [0.05, 0.1) is 0 Å². The van der Waals surface area contributed by atoms with Crippen LogP contribution in [-0.2, 0) is 16.1 Å². The second-order valence-corrected chi connectivity index (χ2v) is 9.14. The highest BCUT2D eigenvalue weighted by atomic mass is 16.4. The minimum atomic E-state index is -1.30. The number of aromatic amines is 1. The molecule has 180 valence electrons. The molecule has 8 heteroatoms. The van der Waals surface area contributed by atoms with E-state index in [1.165, 1.54) is 4.90 Å². The van der Waals surface area contributed by atoms with Crippen LogP contribution in [0.15, 0.2) is 60.7 Å². The number of nitrogens with one attached hydrogen (secondary N) is 1. The molecule has 2 N–H and O–H groups in total. The molecule has 0 bridgehead atoms. The molecule has 0 aliphatic carbocycles. The predicted molar refractivity (Wildman–Crippen MR) is 134 cm³/mol. The first-order chi connectivity index (χ1) is 16.8. The molecule has 0 aliphatic heterocycles. The average Bonchev–Trinajstić information content (AvgIpc) is 3.40. The zero-order chi connectivity index (χ0) is 25.0. The zero-order valence-corrected chi connectivity index (χ0v) is 20.2. The molecule has 0 radical (unpaired) electrons. The summed E-state index contributed by atoms with van der Waals surface area (Å²) in [7, 11) is 0. The summed E-state index contributed by atoms with van der Waals surface area (Å²) < 4.78 is 0. The van der Waals surface area contributed by atoms with Gasteiger partial charge in [0.1, 0.15) is 5.54 Å². The van der Waals surface area contributed by atoms with Crippen LogP contribution in [0.3, 0.4) is 0 Å². The Morgan fingerprint density at radius 3 is 2.40 bits per heavy atom. The summed E-state index contributed by atoms with van der Waals surface area (Å²) in [5.74, 6) is -0.563. The van der Waals surface area contributed by atoms with E-state index >= 15 is 0 Å². The van der Waals surface area contributed by atoms with Gasteiger partial charge in [0.2, 0.25) is 5.91 Å². The molecule has 0 unspecified atom stereocenters. The van der Waals surface area contributed by atoms with E-state index in [0.29, 0.717) is 12.2 Å². The van der Waals surface area contributed by atoms with E-state index < -0.39 is 11.5 Å². The van der Waals surface area contributed by atoms with Crippen molar-refractivity contribution in [2.75, 3.05) is 0 Å². The fraction of sp³-hybridized carbons (Fsp3) is 0.296. The Hall–Kier alpha value is -4.07. The van der Waals surface area contributed by atoms with Crippen LogP contribution in [0.5, 0.6) is 0 Å². The monoisotopic (exact) mass is 471 g/mol. The summed E-state index contributed by atoms with van der Waals surface area (Å²) in [4.78, 5) is 26.3. The van der Waals surface area contributed by atoms with Crippen LogP contribution < -0.4 is 0 Å². The average molecular weight is 472 g/mol. The van der Waals surface area contributed by atoms with Crippen LogP contribution in [0.1, 0.15) is 45.6 Å². The van der Waals surface area contributed by atoms with E-state index in [2.05, 4.69) is 26.7 Å². The molecule has 0 fully saturated rings. The van der Waals surface area contributed by atoms with Crippen LogP contribution in [0.2, 0.25) is 0 Å². The molecule has 4 rings (SSSR count). The lowest BCUT2D eigenvalue weighted by molar-refractivity contribution is -0.157. The van der Waals surface area contributed by atoms with Gasteiger partial charge in [-0.3, -0.25) is 4.79 Å². The Kier molecular flexibility index (Phi) is 6.91. The van der Waals surface area contributed by atoms with Crippen LogP contribution in [0.4, 0.5) is 0 Å². The Balaban J connectivity index is 1.65. The minimum Gasteiger partial charge on any atom is -0.480 e. The van der Waals surface area contributed by atoms with E-state index in [0.717, 1.165) is 45.9 Å². The second-order valence-electron chi connectivity index (χ2n) is 9.14. The molecule has 1 aromatic heterocycles. The maximum atomic E-state index is 12.9. The number of carbonyl (C=O) groups is 2. The highest BCUT2D eigenvalue weighted by molar-refractivity contribution is 5.91. The molecule has 0 saturated heterocycles. The number of fused-ring (bicyclic) bond motifs is 1. The van der Waals surface area contributed by atoms with E-state index in [4.69, 9.17) is 0 Å². The van der Waals surface area contributed by atoms with Crippen molar-refractivity contribution < 1.29 is 14.7 Å². The van der Waals surface area contributed by atoms with Crippen molar-refractivity contribution in [2.45, 2.75) is 52.1 Å². The SMILES string of the molecule is CCCCC(=O)N(Cc1ccc2cc(-c3ccccc3-c3nnn[nH]3)ccc2c1)C(C)(C)C(=O)O. The number of carbonyl (C=O) groups excluding carboxylic acids is 1. The maximum absolute atomic E-state index is 12.9. The smallest absolute Gasteiger partial charge is 0.329 e. The van der Waals surface area contributed by atoms with Crippen LogP contribution in [-0.4, -0.2) is 48.0 Å². The topological polar surface area (TPSA) is 112 Å². The van der Waals surface area contributed by atoms with Gasteiger partial charge >= 0.3 is 5.97 Å². The van der Waals surface area contributed by atoms with Crippen molar-refractivity contribution in [3.05, 3.63) is 66.2 Å². The third kappa shape index (κ3) is 5.06. The van der Waals surface area contributed by atoms with Crippen molar-refractivity contribution in [3.63, 3.8) is 0 Å². The number of aliphatic carboxylic acids is 1. The molecule has 1 heterocycles. The number of amides is 1. The lowest BCUT2D eigenvalue weighted by atomic mass is 9.95. The number of H-pyrrole nitrogens is 1. The number of tetrazole rings is 1. The summed E-state index contributed by atoms with van der Waals surface area (Å²) in [6, 6.07) is 20.1. The summed E-state index contributed by atoms with van der Waals surface area (Å²) in [5.41, 5.74) is 2.53. The number of aromatic nitrogens is 4. The quantitative estimate of drug-likeness (QED) is 0.352. The zero-order valence-electron chi connectivity index (χ0n) is 20.2. The van der Waals surface area contributed by atoms with Gasteiger partial charge in [-0.15, -0.1) is 5.10 Å². The van der Waals surface area contributed by atoms with Crippen molar-refractivity contribution >= 4 is 22.6 Å². The first-order valence-electron chi connectivity index (χ1n) is 11.7. The van der Waals surface area contributed by atoms with Crippen molar-refractivity contribution in [3.8, 4) is 22.5 Å². The van der Waals surface area contributed by atoms with Crippen LogP contribution in [0, 0.1) is 0 Å². The molecule has 8 nitrogen and oxygen atoms in total. The number of carboxylic acids is 1. The van der Waals surface area contributed by atoms with E-state index in [9.17, 15) is 14.7 Å². The highest BCUT2D eigenvalue weighted by Crippen LogP contribution is 2.32. The maximum Gasteiger partial charge on any atom is 0.329 e. The summed E-state index contributed by atoms with van der Waals surface area (Å²) in [6.07, 6.45) is 1.95. The molecular formula is C27H29N5O3. The van der Waals surface area contributed by atoms with Crippen molar-refractivity contribution in [1.29, 1.82) is 0 Å². The van der Waals surface area contributed by atoms with Crippen molar-refractivity contribution in [2.24, 2.45) is 0 Å². The molecule has 1 amide bonds. The second kappa shape index (κ2) is 10.0. The Bertz CT molecular complexity index is 1350. The van der Waals surface area contributed by atoms with Gasteiger partial charge in [-0.2, -0.15) is 0 Å². The molecule has 35 heavy (non-hydrogen) atoms. The van der Waals surface area contributed by atoms with Gasteiger partial charge in [0.15, 0.2) is 5.82 Å². The Morgan fingerprint density at radius 2 is 1.71 bits per heavy atom. The van der Waals surface area contributed by atoms with Crippen LogP contribution >= 0.6 is 0 Å². The van der Waals surface area contributed by atoms with Gasteiger partial charge < -0.3 is 10.0 Å². The van der Waals surface area contributed by atoms with E-state index in [1.54, 1.807) is 13.8 Å². The largest absolute Gasteiger partial charge is 0.480 e. The van der Waals surface area contributed by atoms with Gasteiger partial charge in [-0.25, -0.2) is 9.89 Å². The molecular weight excluding hydrogens is 442 g/mol. The number of carboxylic acid groups (broad SMARTS) is 1. The molecule has 3 aromatic carbocycles. The lowest BCUT2D eigenvalue weighted by Crippen LogP contribution is -2.52. The molecule has 0 saturated carbocycles. The van der Waals surface area contributed by atoms with Gasteiger partial charge in [-0.1, -0.05) is 61.9 Å². The fourth-order valence-electron chi connectivity index (χ4n) is 4.13. The molecule has 0 atom stereocenters. The lowest BCUT2D eigenvalue weighted by Gasteiger charge is -2.35. The summed E-state index contributed by atoms with van der Waals surface area (Å²) >= 11 is 0. The van der Waals surface area contributed by atoms with Gasteiger partial charge in [0.25, 0.3) is 0 Å². The molecule has 0 spiro atoms. The third-order valence-corrected chi connectivity index (χ3v) is 6.33. The standard InChI is InChI=1S/C27H29N5O3/c1-4-5-10-24(33)32(27(2,3)26(34)35)17-18-11-12-20-16-21(14-13-19(20)15-18)22-8-6-7-9-23(22)25-28-30-31-29-25/h6-9,11-16H,4-5,10,17H2,1-3H3,(H,34,35)(H,28,29,30,31). The van der Waals surface area contributed by atoms with Crippen molar-refractivity contribution in [1.82, 2.24) is 25.5 Å².